The molecule has 6 heteroatoms. The Balaban J connectivity index is 1.99. The second kappa shape index (κ2) is 4.73. The summed E-state index contributed by atoms with van der Waals surface area (Å²) >= 11 is 0. The van der Waals surface area contributed by atoms with Gasteiger partial charge in [-0.1, -0.05) is 20.8 Å². The molecule has 3 rings (SSSR count). The Morgan fingerprint density at radius 2 is 2.00 bits per heavy atom. The molecule has 1 unspecified atom stereocenters. The summed E-state index contributed by atoms with van der Waals surface area (Å²) in [6.07, 6.45) is 0.0299. The van der Waals surface area contributed by atoms with Gasteiger partial charge in [-0.3, -0.25) is 4.68 Å². The van der Waals surface area contributed by atoms with Crippen molar-refractivity contribution in [3.8, 4) is 0 Å². The number of alkyl halides is 3. The number of nitrogens with zero attached hydrogens (tertiary/aromatic N) is 2. The van der Waals surface area contributed by atoms with Gasteiger partial charge in [0.05, 0.1) is 11.8 Å². The lowest BCUT2D eigenvalue weighted by Gasteiger charge is -2.54. The minimum Gasteiger partial charge on any atom is -0.393 e. The minimum absolute atomic E-state index is 0.238. The molecule has 1 saturated carbocycles. The number of hydrogen-bond donors (Lipinski definition) is 1. The Morgan fingerprint density at radius 1 is 1.32 bits per heavy atom. The maximum absolute atomic E-state index is 12.6. The lowest BCUT2D eigenvalue weighted by molar-refractivity contribution is -0.142. The first kappa shape index (κ1) is 15.8. The van der Waals surface area contributed by atoms with Crippen LogP contribution in [0.15, 0.2) is 6.20 Å². The molecular formula is C16H23F3N2O. The number of aromatic nitrogens is 2. The van der Waals surface area contributed by atoms with E-state index in [1.165, 1.54) is 0 Å². The van der Waals surface area contributed by atoms with Crippen molar-refractivity contribution in [2.75, 3.05) is 0 Å². The molecule has 0 spiro atoms. The first-order valence-corrected chi connectivity index (χ1v) is 7.86. The first-order valence-electron chi connectivity index (χ1n) is 7.86. The van der Waals surface area contributed by atoms with Gasteiger partial charge < -0.3 is 5.11 Å². The van der Waals surface area contributed by atoms with Crippen LogP contribution in [0.4, 0.5) is 13.2 Å². The fourth-order valence-electron chi connectivity index (χ4n) is 4.70. The number of aliphatic hydroxyl groups excluding tert-OH is 1. The maximum atomic E-state index is 12.6. The second-order valence-corrected chi connectivity index (χ2v) is 7.70. The van der Waals surface area contributed by atoms with Gasteiger partial charge in [0.25, 0.3) is 0 Å². The van der Waals surface area contributed by atoms with Crippen LogP contribution in [0.25, 0.3) is 0 Å². The molecule has 1 aromatic heterocycles. The molecule has 1 fully saturated rings. The van der Waals surface area contributed by atoms with E-state index < -0.39 is 12.7 Å². The van der Waals surface area contributed by atoms with Crippen LogP contribution in [-0.2, 0) is 18.4 Å². The predicted octanol–water partition coefficient (Wildman–Crippen LogP) is 3.45. The normalized spacial score (nSPS) is 34.1. The number of fused-ring (bicyclic) bond motifs is 3. The smallest absolute Gasteiger partial charge is 0.393 e. The van der Waals surface area contributed by atoms with E-state index in [9.17, 15) is 18.3 Å². The van der Waals surface area contributed by atoms with Crippen LogP contribution in [0.5, 0.6) is 0 Å². The van der Waals surface area contributed by atoms with Crippen molar-refractivity contribution < 1.29 is 18.3 Å². The number of aryl methyl sites for hydroxylation is 1. The molecule has 2 aliphatic rings. The highest BCUT2D eigenvalue weighted by Crippen LogP contribution is 2.56. The quantitative estimate of drug-likeness (QED) is 0.862. The van der Waals surface area contributed by atoms with E-state index in [0.717, 1.165) is 35.2 Å². The van der Waals surface area contributed by atoms with Crippen LogP contribution in [0.3, 0.4) is 0 Å². The van der Waals surface area contributed by atoms with Gasteiger partial charge in [0, 0.05) is 11.6 Å². The average Bonchev–Trinajstić information content (AvgIpc) is 2.76. The predicted molar refractivity (Wildman–Crippen MR) is 76.5 cm³/mol. The fraction of sp³-hybridized carbons (Fsp3) is 0.812. The monoisotopic (exact) mass is 316 g/mol. The molecular weight excluding hydrogens is 293 g/mol. The van der Waals surface area contributed by atoms with Crippen LogP contribution in [-0.4, -0.2) is 27.2 Å². The highest BCUT2D eigenvalue weighted by atomic mass is 19.4. The van der Waals surface area contributed by atoms with Gasteiger partial charge in [0.2, 0.25) is 0 Å². The fourth-order valence-corrected chi connectivity index (χ4v) is 4.70. The highest BCUT2D eigenvalue weighted by molar-refractivity contribution is 5.32. The summed E-state index contributed by atoms with van der Waals surface area (Å²) in [5.41, 5.74) is 1.27. The molecule has 0 aromatic carbocycles. The Hall–Kier alpha value is -1.04. The van der Waals surface area contributed by atoms with Crippen LogP contribution in [0, 0.1) is 11.3 Å². The molecule has 0 amide bonds. The SMILES string of the molecule is CC1(C)C(O)CC[C@]2(C)c3nn(CC(F)(F)F)cc3CC[C@@H]12. The molecule has 22 heavy (non-hydrogen) atoms. The van der Waals surface area contributed by atoms with E-state index in [1.807, 2.05) is 0 Å². The Kier molecular flexibility index (Phi) is 3.40. The van der Waals surface area contributed by atoms with Crippen LogP contribution in [0.1, 0.15) is 51.3 Å². The summed E-state index contributed by atoms with van der Waals surface area (Å²) in [6, 6.07) is 0. The zero-order valence-corrected chi connectivity index (χ0v) is 13.2. The van der Waals surface area contributed by atoms with Gasteiger partial charge in [-0.05, 0) is 42.6 Å². The highest BCUT2D eigenvalue weighted by Gasteiger charge is 2.54. The summed E-state index contributed by atoms with van der Waals surface area (Å²) in [5, 5.41) is 14.6. The van der Waals surface area contributed by atoms with Gasteiger partial charge in [-0.15, -0.1) is 0 Å². The van der Waals surface area contributed by atoms with Crippen LogP contribution < -0.4 is 0 Å². The van der Waals surface area contributed by atoms with Crippen LogP contribution >= 0.6 is 0 Å². The summed E-state index contributed by atoms with van der Waals surface area (Å²) in [5.74, 6) is 0.241. The number of halogens is 3. The van der Waals surface area contributed by atoms with Crippen molar-refractivity contribution in [2.24, 2.45) is 11.3 Å². The molecule has 1 aromatic rings. The Labute approximate surface area is 128 Å². The van der Waals surface area contributed by atoms with Gasteiger partial charge in [0.1, 0.15) is 6.54 Å². The van der Waals surface area contributed by atoms with E-state index >= 15 is 0 Å². The van der Waals surface area contributed by atoms with Crippen molar-refractivity contribution in [1.29, 1.82) is 0 Å². The standard InChI is InChI=1S/C16H23F3N2O/c1-14(2)11-5-4-10-8-21(9-16(17,18)19)20-13(10)15(11,3)7-6-12(14)22/h8,11-12,22H,4-7,9H2,1-3H3/t11-,12?,15-/m0/s1. The van der Waals surface area contributed by atoms with E-state index in [2.05, 4.69) is 25.9 Å². The topological polar surface area (TPSA) is 38.1 Å². The van der Waals surface area contributed by atoms with Crippen molar-refractivity contribution in [2.45, 2.75) is 70.7 Å². The maximum Gasteiger partial charge on any atom is 0.408 e. The van der Waals surface area contributed by atoms with Gasteiger partial charge in [0.15, 0.2) is 0 Å². The number of aliphatic hydroxyl groups is 1. The average molecular weight is 316 g/mol. The third-order valence-corrected chi connectivity index (χ3v) is 5.89. The lowest BCUT2D eigenvalue weighted by atomic mass is 9.51. The number of rotatable bonds is 1. The Bertz CT molecular complexity index is 578. The molecule has 2 aliphatic carbocycles. The van der Waals surface area contributed by atoms with E-state index in [1.54, 1.807) is 6.20 Å². The molecule has 1 heterocycles. The summed E-state index contributed by atoms with van der Waals surface area (Å²) in [6.45, 7) is 5.20. The minimum atomic E-state index is -4.25. The summed E-state index contributed by atoms with van der Waals surface area (Å²) < 4.78 is 38.9. The van der Waals surface area contributed by atoms with E-state index in [4.69, 9.17) is 0 Å². The molecule has 0 bridgehead atoms. The molecule has 1 N–H and O–H groups in total. The molecule has 0 aliphatic heterocycles. The molecule has 124 valence electrons. The van der Waals surface area contributed by atoms with Crippen molar-refractivity contribution in [3.63, 3.8) is 0 Å². The molecule has 3 nitrogen and oxygen atoms in total. The van der Waals surface area contributed by atoms with Gasteiger partial charge in [-0.25, -0.2) is 0 Å². The third kappa shape index (κ3) is 2.36. The molecule has 0 saturated heterocycles. The third-order valence-electron chi connectivity index (χ3n) is 5.89. The van der Waals surface area contributed by atoms with Crippen molar-refractivity contribution in [1.82, 2.24) is 9.78 Å². The summed E-state index contributed by atoms with van der Waals surface area (Å²) in [4.78, 5) is 0. The van der Waals surface area contributed by atoms with Gasteiger partial charge in [-0.2, -0.15) is 18.3 Å². The first-order chi connectivity index (χ1) is 10.0. The molecule has 3 atom stereocenters. The summed E-state index contributed by atoms with van der Waals surface area (Å²) in [7, 11) is 0. The lowest BCUT2D eigenvalue weighted by Crippen LogP contribution is -2.53. The molecule has 0 radical (unpaired) electrons. The van der Waals surface area contributed by atoms with Crippen molar-refractivity contribution in [3.05, 3.63) is 17.5 Å². The van der Waals surface area contributed by atoms with E-state index in [-0.39, 0.29) is 22.9 Å². The van der Waals surface area contributed by atoms with Crippen LogP contribution in [0.2, 0.25) is 0 Å². The van der Waals surface area contributed by atoms with Crippen molar-refractivity contribution >= 4 is 0 Å². The number of hydrogen-bond acceptors (Lipinski definition) is 2. The second-order valence-electron chi connectivity index (χ2n) is 7.70. The largest absolute Gasteiger partial charge is 0.408 e. The zero-order chi connectivity index (χ0) is 16.3. The Morgan fingerprint density at radius 3 is 2.64 bits per heavy atom. The van der Waals surface area contributed by atoms with Gasteiger partial charge >= 0.3 is 6.18 Å². The van der Waals surface area contributed by atoms with E-state index in [0.29, 0.717) is 6.42 Å². The zero-order valence-electron chi connectivity index (χ0n) is 13.2.